The quantitative estimate of drug-likeness (QED) is 0.296. The van der Waals surface area contributed by atoms with Crippen molar-refractivity contribution >= 4 is 27.8 Å². The lowest BCUT2D eigenvalue weighted by atomic mass is 10.1. The summed E-state index contributed by atoms with van der Waals surface area (Å²) in [5, 5.41) is 1.33. The lowest BCUT2D eigenvalue weighted by Crippen LogP contribution is -2.36. The van der Waals surface area contributed by atoms with Crippen LogP contribution in [0.2, 0.25) is 0 Å². The number of carbonyl (C=O) groups is 1. The summed E-state index contributed by atoms with van der Waals surface area (Å²) in [6, 6.07) is 20.4. The third kappa shape index (κ3) is 4.22. The van der Waals surface area contributed by atoms with Gasteiger partial charge < -0.3 is 24.6 Å². The van der Waals surface area contributed by atoms with Gasteiger partial charge in [0.1, 0.15) is 29.4 Å². The number of hydrogen-bond acceptors (Lipinski definition) is 6. The van der Waals surface area contributed by atoms with Gasteiger partial charge in [0.25, 0.3) is 0 Å². The molecular formula is C26H20N2O5. The number of para-hydroxylation sites is 2. The maximum atomic E-state index is 12.7. The third-order valence-electron chi connectivity index (χ3n) is 5.32. The lowest BCUT2D eigenvalue weighted by molar-refractivity contribution is -0.135. The van der Waals surface area contributed by atoms with Crippen molar-refractivity contribution < 1.29 is 18.7 Å². The van der Waals surface area contributed by atoms with Crippen molar-refractivity contribution in [2.24, 2.45) is 5.73 Å². The van der Waals surface area contributed by atoms with Gasteiger partial charge in [-0.25, -0.2) is 4.79 Å². The van der Waals surface area contributed by atoms with Gasteiger partial charge in [-0.1, -0.05) is 36.4 Å². The smallest absolute Gasteiger partial charge is 0.328 e. The largest absolute Gasteiger partial charge is 0.460 e. The summed E-state index contributed by atoms with van der Waals surface area (Å²) in [6.07, 6.45) is 3.41. The van der Waals surface area contributed by atoms with Crippen LogP contribution < -0.4 is 20.6 Å². The van der Waals surface area contributed by atoms with Gasteiger partial charge in [-0.3, -0.25) is 4.79 Å². The number of aromatic nitrogens is 1. The molecule has 7 nitrogen and oxygen atoms in total. The molecule has 5 rings (SSSR count). The normalized spacial score (nSPS) is 12.0. The SMILES string of the molecule is NC(Cc1c[nH]c2ccccc12)C(=O)Oc1ccc2c(=O)c(Oc3ccccc3)coc2c1. The monoisotopic (exact) mass is 440 g/mol. The van der Waals surface area contributed by atoms with E-state index in [0.717, 1.165) is 16.5 Å². The molecule has 164 valence electrons. The van der Waals surface area contributed by atoms with Crippen LogP contribution in [0.1, 0.15) is 5.56 Å². The van der Waals surface area contributed by atoms with Gasteiger partial charge in [-0.15, -0.1) is 0 Å². The Kier molecular flexibility index (Phi) is 5.38. The zero-order chi connectivity index (χ0) is 22.8. The molecule has 0 aliphatic heterocycles. The highest BCUT2D eigenvalue weighted by atomic mass is 16.5. The number of benzene rings is 3. The molecular weight excluding hydrogens is 420 g/mol. The number of hydrogen-bond donors (Lipinski definition) is 2. The summed E-state index contributed by atoms with van der Waals surface area (Å²) >= 11 is 0. The van der Waals surface area contributed by atoms with Crippen LogP contribution >= 0.6 is 0 Å². The fourth-order valence-electron chi connectivity index (χ4n) is 3.65. The summed E-state index contributed by atoms with van der Waals surface area (Å²) in [4.78, 5) is 28.5. The first-order chi connectivity index (χ1) is 16.1. The van der Waals surface area contributed by atoms with E-state index in [0.29, 0.717) is 17.6 Å². The molecule has 0 saturated heterocycles. The average Bonchev–Trinajstić information content (AvgIpc) is 3.24. The molecule has 33 heavy (non-hydrogen) atoms. The zero-order valence-electron chi connectivity index (χ0n) is 17.5. The van der Waals surface area contributed by atoms with Gasteiger partial charge in [0.2, 0.25) is 11.2 Å². The van der Waals surface area contributed by atoms with Crippen LogP contribution in [-0.2, 0) is 11.2 Å². The van der Waals surface area contributed by atoms with Crippen LogP contribution in [0, 0.1) is 0 Å². The van der Waals surface area contributed by atoms with E-state index in [1.807, 2.05) is 48.7 Å². The average molecular weight is 440 g/mol. The molecule has 2 aromatic heterocycles. The van der Waals surface area contributed by atoms with Crippen molar-refractivity contribution in [2.75, 3.05) is 0 Å². The van der Waals surface area contributed by atoms with Gasteiger partial charge in [0.05, 0.1) is 5.39 Å². The van der Waals surface area contributed by atoms with Crippen molar-refractivity contribution in [3.8, 4) is 17.2 Å². The van der Waals surface area contributed by atoms with Crippen LogP contribution in [0.5, 0.6) is 17.2 Å². The predicted molar refractivity (Wildman–Crippen MR) is 125 cm³/mol. The Balaban J connectivity index is 1.32. The van der Waals surface area contributed by atoms with Crippen molar-refractivity contribution in [2.45, 2.75) is 12.5 Å². The van der Waals surface area contributed by atoms with Crippen molar-refractivity contribution in [1.82, 2.24) is 4.98 Å². The molecule has 1 unspecified atom stereocenters. The van der Waals surface area contributed by atoms with Gasteiger partial charge >= 0.3 is 5.97 Å². The van der Waals surface area contributed by atoms with Crippen LogP contribution in [-0.4, -0.2) is 17.0 Å². The fourth-order valence-corrected chi connectivity index (χ4v) is 3.65. The molecule has 2 heterocycles. The highest BCUT2D eigenvalue weighted by Crippen LogP contribution is 2.24. The van der Waals surface area contributed by atoms with Gasteiger partial charge in [-0.2, -0.15) is 0 Å². The first kappa shape index (κ1) is 20.5. The number of fused-ring (bicyclic) bond motifs is 2. The predicted octanol–water partition coefficient (Wildman–Crippen LogP) is 4.54. The molecule has 7 heteroatoms. The van der Waals surface area contributed by atoms with Gasteiger partial charge in [0.15, 0.2) is 0 Å². The first-order valence-electron chi connectivity index (χ1n) is 10.4. The number of ether oxygens (including phenoxy) is 2. The van der Waals surface area contributed by atoms with Crippen LogP contribution in [0.4, 0.5) is 0 Å². The number of esters is 1. The van der Waals surface area contributed by atoms with E-state index in [2.05, 4.69) is 4.98 Å². The van der Waals surface area contributed by atoms with Gasteiger partial charge in [0, 0.05) is 29.6 Å². The summed E-state index contributed by atoms with van der Waals surface area (Å²) in [5.41, 5.74) is 7.96. The lowest BCUT2D eigenvalue weighted by Gasteiger charge is -2.11. The maximum absolute atomic E-state index is 12.7. The summed E-state index contributed by atoms with van der Waals surface area (Å²) in [5.74, 6) is 0.255. The number of aromatic amines is 1. The van der Waals surface area contributed by atoms with Crippen LogP contribution in [0.25, 0.3) is 21.9 Å². The molecule has 0 aliphatic rings. The second-order valence-electron chi connectivity index (χ2n) is 7.59. The number of nitrogens with two attached hydrogens (primary N) is 1. The van der Waals surface area contributed by atoms with E-state index in [9.17, 15) is 9.59 Å². The minimum absolute atomic E-state index is 0.0687. The summed E-state index contributed by atoms with van der Waals surface area (Å²) < 4.78 is 16.6. The van der Waals surface area contributed by atoms with E-state index in [4.69, 9.17) is 19.6 Å². The number of H-pyrrole nitrogens is 1. The summed E-state index contributed by atoms with van der Waals surface area (Å²) in [6.45, 7) is 0. The van der Waals surface area contributed by atoms with Gasteiger partial charge in [-0.05, 0) is 35.9 Å². The Hall–Kier alpha value is -4.36. The molecule has 0 aliphatic carbocycles. The van der Waals surface area contributed by atoms with Crippen molar-refractivity contribution in [1.29, 1.82) is 0 Å². The first-order valence-corrected chi connectivity index (χ1v) is 10.4. The minimum Gasteiger partial charge on any atom is -0.460 e. The second kappa shape index (κ2) is 8.64. The molecule has 0 bridgehead atoms. The standard InChI is InChI=1S/C26H20N2O5/c27-21(12-16-14-28-22-9-5-4-8-19(16)22)26(30)33-18-10-11-20-23(13-18)31-15-24(25(20)29)32-17-6-2-1-3-7-17/h1-11,13-15,21,28H,12,27H2. The van der Waals surface area contributed by atoms with Crippen LogP contribution in [0.3, 0.4) is 0 Å². The third-order valence-corrected chi connectivity index (χ3v) is 5.32. The zero-order valence-corrected chi connectivity index (χ0v) is 17.5. The second-order valence-corrected chi connectivity index (χ2v) is 7.59. The Labute approximate surface area is 188 Å². The number of rotatable bonds is 6. The van der Waals surface area contributed by atoms with E-state index in [1.54, 1.807) is 12.1 Å². The Bertz CT molecular complexity index is 1500. The minimum atomic E-state index is -0.853. The number of carbonyl (C=O) groups excluding carboxylic acids is 1. The molecule has 0 fully saturated rings. The maximum Gasteiger partial charge on any atom is 0.328 e. The van der Waals surface area contributed by atoms with E-state index >= 15 is 0 Å². The Morgan fingerprint density at radius 2 is 1.76 bits per heavy atom. The topological polar surface area (TPSA) is 108 Å². The molecule has 0 spiro atoms. The van der Waals surface area contributed by atoms with Crippen LogP contribution in [0.15, 0.2) is 94.5 Å². The highest BCUT2D eigenvalue weighted by Gasteiger charge is 2.19. The fraction of sp³-hybridized carbons (Fsp3) is 0.0769. The van der Waals surface area contributed by atoms with E-state index in [-0.39, 0.29) is 22.5 Å². The molecule has 3 aromatic carbocycles. The van der Waals surface area contributed by atoms with Crippen molar-refractivity contribution in [3.63, 3.8) is 0 Å². The molecule has 0 amide bonds. The van der Waals surface area contributed by atoms with Crippen molar-refractivity contribution in [3.05, 3.63) is 101 Å². The Morgan fingerprint density at radius 3 is 2.61 bits per heavy atom. The molecule has 3 N–H and O–H groups in total. The molecule has 1 atom stereocenters. The highest BCUT2D eigenvalue weighted by molar-refractivity contribution is 5.85. The van der Waals surface area contributed by atoms with E-state index < -0.39 is 12.0 Å². The van der Waals surface area contributed by atoms with E-state index in [1.165, 1.54) is 24.5 Å². The number of nitrogens with one attached hydrogen (secondary N) is 1. The molecule has 0 radical (unpaired) electrons. The summed E-state index contributed by atoms with van der Waals surface area (Å²) in [7, 11) is 0. The molecule has 0 saturated carbocycles. The Morgan fingerprint density at radius 1 is 0.970 bits per heavy atom. The molecule has 5 aromatic rings.